The van der Waals surface area contributed by atoms with Crippen molar-refractivity contribution in [1.82, 2.24) is 15.3 Å². The largest absolute Gasteiger partial charge is 0.324 e. The van der Waals surface area contributed by atoms with Gasteiger partial charge in [-0.2, -0.15) is 0 Å². The van der Waals surface area contributed by atoms with Crippen LogP contribution in [0.5, 0.6) is 0 Å². The maximum atomic E-state index is 12.2. The Hall–Kier alpha value is -2.08. The molecule has 0 aliphatic carbocycles. The third kappa shape index (κ3) is 2.15. The number of aromatic amines is 2. The lowest BCUT2D eigenvalue weighted by Gasteiger charge is -2.23. The molecule has 1 aliphatic heterocycles. The number of carbonyl (C=O) groups excluding carboxylic acids is 1. The molecule has 100 valence electrons. The van der Waals surface area contributed by atoms with Gasteiger partial charge in [0, 0.05) is 5.69 Å². The Labute approximate surface area is 109 Å². The molecular weight excluding hydrogens is 244 g/mol. The van der Waals surface area contributed by atoms with Gasteiger partial charge < -0.3 is 20.6 Å². The van der Waals surface area contributed by atoms with Crippen molar-refractivity contribution in [3.63, 3.8) is 0 Å². The number of carbonyl (C=O) groups is 1. The van der Waals surface area contributed by atoms with Crippen LogP contribution in [-0.2, 0) is 4.79 Å². The van der Waals surface area contributed by atoms with Crippen molar-refractivity contribution in [2.45, 2.75) is 25.3 Å². The molecule has 3 rings (SSSR count). The minimum atomic E-state index is -0.499. The van der Waals surface area contributed by atoms with Crippen LogP contribution in [0.2, 0.25) is 0 Å². The highest BCUT2D eigenvalue weighted by atomic mass is 16.2. The summed E-state index contributed by atoms with van der Waals surface area (Å²) in [5.74, 6) is -0.0396. The van der Waals surface area contributed by atoms with Crippen LogP contribution < -0.4 is 16.3 Å². The number of anilines is 1. The molecule has 4 N–H and O–H groups in total. The molecule has 2 heterocycles. The zero-order chi connectivity index (χ0) is 13.5. The first-order valence-electron chi connectivity index (χ1n) is 6.35. The number of nitrogens with one attached hydrogen (secondary N) is 4. The van der Waals surface area contributed by atoms with E-state index in [4.69, 9.17) is 0 Å². The minimum absolute atomic E-state index is 0.0396. The molecule has 1 unspecified atom stereocenters. The fourth-order valence-corrected chi connectivity index (χ4v) is 2.47. The van der Waals surface area contributed by atoms with E-state index >= 15 is 0 Å². The first kappa shape index (κ1) is 12.0. The van der Waals surface area contributed by atoms with Crippen molar-refractivity contribution >= 4 is 22.6 Å². The number of amides is 1. The van der Waals surface area contributed by atoms with Gasteiger partial charge in [0.15, 0.2) is 0 Å². The highest BCUT2D eigenvalue weighted by Crippen LogP contribution is 2.22. The summed E-state index contributed by atoms with van der Waals surface area (Å²) in [7, 11) is 0. The molecule has 2 aromatic rings. The Kier molecular flexibility index (Phi) is 2.67. The van der Waals surface area contributed by atoms with Crippen molar-refractivity contribution in [2.75, 3.05) is 11.9 Å². The third-order valence-electron chi connectivity index (χ3n) is 3.64. The fraction of sp³-hybridized carbons (Fsp3) is 0.385. The quantitative estimate of drug-likeness (QED) is 0.647. The van der Waals surface area contributed by atoms with Gasteiger partial charge in [-0.05, 0) is 44.5 Å². The van der Waals surface area contributed by atoms with Gasteiger partial charge in [-0.25, -0.2) is 4.79 Å². The predicted molar refractivity (Wildman–Crippen MR) is 73.2 cm³/mol. The van der Waals surface area contributed by atoms with Gasteiger partial charge in [-0.1, -0.05) is 0 Å². The van der Waals surface area contributed by atoms with Crippen molar-refractivity contribution in [1.29, 1.82) is 0 Å². The van der Waals surface area contributed by atoms with Gasteiger partial charge in [0.25, 0.3) is 0 Å². The van der Waals surface area contributed by atoms with Gasteiger partial charge >= 0.3 is 5.69 Å². The van der Waals surface area contributed by atoms with Gasteiger partial charge in [0.1, 0.15) is 0 Å². The lowest BCUT2D eigenvalue weighted by atomic mass is 9.99. The third-order valence-corrected chi connectivity index (χ3v) is 3.64. The molecule has 0 radical (unpaired) electrons. The fourth-order valence-electron chi connectivity index (χ4n) is 2.47. The Morgan fingerprint density at radius 2 is 2.11 bits per heavy atom. The number of hydrogen-bond acceptors (Lipinski definition) is 3. The summed E-state index contributed by atoms with van der Waals surface area (Å²) in [5.41, 5.74) is 1.35. The van der Waals surface area contributed by atoms with E-state index in [0.29, 0.717) is 11.2 Å². The average Bonchev–Trinajstić information content (AvgIpc) is 2.95. The number of rotatable bonds is 2. The molecule has 1 aromatic heterocycles. The van der Waals surface area contributed by atoms with Crippen molar-refractivity contribution in [3.05, 3.63) is 28.7 Å². The van der Waals surface area contributed by atoms with E-state index in [1.165, 1.54) is 0 Å². The first-order valence-corrected chi connectivity index (χ1v) is 6.35. The van der Waals surface area contributed by atoms with Gasteiger partial charge in [0.05, 0.1) is 16.6 Å². The second-order valence-electron chi connectivity index (χ2n) is 5.16. The van der Waals surface area contributed by atoms with E-state index in [9.17, 15) is 9.59 Å². The zero-order valence-corrected chi connectivity index (χ0v) is 10.7. The van der Waals surface area contributed by atoms with E-state index in [2.05, 4.69) is 20.6 Å². The lowest BCUT2D eigenvalue weighted by molar-refractivity contribution is -0.121. The predicted octanol–water partition coefficient (Wildman–Crippen LogP) is 0.937. The SMILES string of the molecule is CC1(C(=O)Nc2ccc3[nH]c(=O)[nH]c3c2)CCCN1. The minimum Gasteiger partial charge on any atom is -0.324 e. The van der Waals surface area contributed by atoms with E-state index in [1.807, 2.05) is 6.92 Å². The van der Waals surface area contributed by atoms with Gasteiger partial charge in [0.2, 0.25) is 5.91 Å². The molecular formula is C13H16N4O2. The summed E-state index contributed by atoms with van der Waals surface area (Å²) in [6, 6.07) is 5.30. The molecule has 19 heavy (non-hydrogen) atoms. The van der Waals surface area contributed by atoms with Crippen LogP contribution in [0, 0.1) is 0 Å². The van der Waals surface area contributed by atoms with Crippen LogP contribution in [0.25, 0.3) is 11.0 Å². The van der Waals surface area contributed by atoms with E-state index in [-0.39, 0.29) is 11.6 Å². The van der Waals surface area contributed by atoms with Crippen molar-refractivity contribution in [2.24, 2.45) is 0 Å². The molecule has 1 aliphatic rings. The van der Waals surface area contributed by atoms with Crippen LogP contribution in [0.1, 0.15) is 19.8 Å². The summed E-state index contributed by atoms with van der Waals surface area (Å²) in [4.78, 5) is 28.7. The first-order chi connectivity index (χ1) is 9.07. The Morgan fingerprint density at radius 3 is 2.84 bits per heavy atom. The molecule has 1 atom stereocenters. The van der Waals surface area contributed by atoms with Crippen LogP contribution in [-0.4, -0.2) is 28.0 Å². The molecule has 6 heteroatoms. The molecule has 0 spiro atoms. The Morgan fingerprint density at radius 1 is 1.32 bits per heavy atom. The Bertz CT molecular complexity index is 679. The molecule has 0 saturated carbocycles. The van der Waals surface area contributed by atoms with Crippen LogP contribution in [0.4, 0.5) is 5.69 Å². The second kappa shape index (κ2) is 4.24. The standard InChI is InChI=1S/C13H16N4O2/c1-13(5-2-6-14-13)11(18)15-8-3-4-9-10(7-8)17-12(19)16-9/h3-4,7,14H,2,5-6H2,1H3,(H,15,18)(H2,16,17,19). The molecule has 1 fully saturated rings. The van der Waals surface area contributed by atoms with Crippen LogP contribution >= 0.6 is 0 Å². The highest BCUT2D eigenvalue weighted by molar-refractivity contribution is 5.99. The molecule has 6 nitrogen and oxygen atoms in total. The molecule has 1 aromatic carbocycles. The van der Waals surface area contributed by atoms with Crippen LogP contribution in [0.3, 0.4) is 0 Å². The highest BCUT2D eigenvalue weighted by Gasteiger charge is 2.35. The Balaban J connectivity index is 1.84. The smallest absolute Gasteiger partial charge is 0.323 e. The van der Waals surface area contributed by atoms with E-state index in [0.717, 1.165) is 24.9 Å². The maximum absolute atomic E-state index is 12.2. The number of imidazole rings is 1. The van der Waals surface area contributed by atoms with Crippen LogP contribution in [0.15, 0.2) is 23.0 Å². The number of fused-ring (bicyclic) bond motifs is 1. The zero-order valence-electron chi connectivity index (χ0n) is 10.7. The van der Waals surface area contributed by atoms with Crippen molar-refractivity contribution in [3.8, 4) is 0 Å². The van der Waals surface area contributed by atoms with E-state index < -0.39 is 5.54 Å². The molecule has 1 saturated heterocycles. The second-order valence-corrected chi connectivity index (χ2v) is 5.16. The summed E-state index contributed by atoms with van der Waals surface area (Å²) in [5, 5.41) is 6.11. The number of benzene rings is 1. The van der Waals surface area contributed by atoms with Gasteiger partial charge in [-0.15, -0.1) is 0 Å². The summed E-state index contributed by atoms with van der Waals surface area (Å²) >= 11 is 0. The maximum Gasteiger partial charge on any atom is 0.323 e. The number of H-pyrrole nitrogens is 2. The molecule has 0 bridgehead atoms. The monoisotopic (exact) mass is 260 g/mol. The average molecular weight is 260 g/mol. The van der Waals surface area contributed by atoms with E-state index in [1.54, 1.807) is 18.2 Å². The lowest BCUT2D eigenvalue weighted by Crippen LogP contribution is -2.47. The summed E-state index contributed by atoms with van der Waals surface area (Å²) in [6.45, 7) is 2.78. The number of hydrogen-bond donors (Lipinski definition) is 4. The van der Waals surface area contributed by atoms with Crippen molar-refractivity contribution < 1.29 is 4.79 Å². The molecule has 1 amide bonds. The number of aromatic nitrogens is 2. The summed E-state index contributed by atoms with van der Waals surface area (Å²) in [6.07, 6.45) is 1.84. The van der Waals surface area contributed by atoms with Gasteiger partial charge in [-0.3, -0.25) is 4.79 Å². The normalized spacial score (nSPS) is 22.8. The summed E-state index contributed by atoms with van der Waals surface area (Å²) < 4.78 is 0. The topological polar surface area (TPSA) is 89.8 Å².